The van der Waals surface area contributed by atoms with Gasteiger partial charge in [0.2, 0.25) is 0 Å². The minimum absolute atomic E-state index is 0.158. The van der Waals surface area contributed by atoms with Gasteiger partial charge in [0.15, 0.2) is 5.13 Å². The monoisotopic (exact) mass is 388 g/mol. The highest BCUT2D eigenvalue weighted by atomic mass is 79.9. The molecule has 0 aromatic carbocycles. The van der Waals surface area contributed by atoms with E-state index in [2.05, 4.69) is 27.0 Å². The third kappa shape index (κ3) is 3.84. The van der Waals surface area contributed by atoms with Crippen molar-refractivity contribution in [3.8, 4) is 0 Å². The molecule has 0 aliphatic rings. The highest BCUT2D eigenvalue weighted by Gasteiger charge is 2.22. The topological polar surface area (TPSA) is 53.4 Å². The molecule has 2 aromatic rings. The predicted octanol–water partition coefficient (Wildman–Crippen LogP) is 4.82. The highest BCUT2D eigenvalue weighted by Crippen LogP contribution is 2.33. The Morgan fingerprint density at radius 1 is 1.57 bits per heavy atom. The maximum Gasteiger partial charge on any atom is 0.347 e. The molecule has 0 fully saturated rings. The molecule has 7 heteroatoms. The lowest BCUT2D eigenvalue weighted by atomic mass is 10.0. The van der Waals surface area contributed by atoms with Gasteiger partial charge in [0.1, 0.15) is 4.88 Å². The van der Waals surface area contributed by atoms with Crippen LogP contribution in [0.1, 0.15) is 46.4 Å². The summed E-state index contributed by atoms with van der Waals surface area (Å²) in [5.74, 6) is -0.730. The largest absolute Gasteiger partial charge is 0.477 e. The third-order valence-electron chi connectivity index (χ3n) is 3.26. The zero-order valence-corrected chi connectivity index (χ0v) is 15.3. The van der Waals surface area contributed by atoms with Crippen molar-refractivity contribution in [1.29, 1.82) is 0 Å². The Morgan fingerprint density at radius 3 is 2.81 bits per heavy atom. The molecule has 1 N–H and O–H groups in total. The number of carbonyl (C=O) groups is 1. The zero-order chi connectivity index (χ0) is 15.6. The Bertz CT molecular complexity index is 639. The first-order chi connectivity index (χ1) is 9.92. The van der Waals surface area contributed by atoms with Crippen molar-refractivity contribution in [3.05, 3.63) is 31.4 Å². The van der Waals surface area contributed by atoms with Crippen LogP contribution in [-0.4, -0.2) is 23.1 Å². The SMILES string of the molecule is CCC(C)c1nc(N(C)Cc2cc(Br)cs2)sc1C(=O)O. The predicted molar refractivity (Wildman–Crippen MR) is 91.9 cm³/mol. The molecule has 21 heavy (non-hydrogen) atoms. The van der Waals surface area contributed by atoms with Gasteiger partial charge in [0.25, 0.3) is 0 Å². The maximum atomic E-state index is 11.4. The van der Waals surface area contributed by atoms with E-state index in [1.165, 1.54) is 16.2 Å². The van der Waals surface area contributed by atoms with Gasteiger partial charge in [-0.3, -0.25) is 0 Å². The summed E-state index contributed by atoms with van der Waals surface area (Å²) in [4.78, 5) is 19.5. The lowest BCUT2D eigenvalue weighted by Gasteiger charge is -2.14. The molecule has 0 bridgehead atoms. The second kappa shape index (κ2) is 6.89. The molecule has 0 aliphatic heterocycles. The molecule has 2 aromatic heterocycles. The minimum Gasteiger partial charge on any atom is -0.477 e. The van der Waals surface area contributed by atoms with Crippen LogP contribution in [0.5, 0.6) is 0 Å². The van der Waals surface area contributed by atoms with E-state index in [0.717, 1.165) is 22.6 Å². The smallest absolute Gasteiger partial charge is 0.347 e. The van der Waals surface area contributed by atoms with Crippen LogP contribution in [-0.2, 0) is 6.54 Å². The van der Waals surface area contributed by atoms with Crippen molar-refractivity contribution in [2.45, 2.75) is 32.7 Å². The lowest BCUT2D eigenvalue weighted by Crippen LogP contribution is -2.15. The van der Waals surface area contributed by atoms with Gasteiger partial charge in [-0.15, -0.1) is 11.3 Å². The number of carboxylic acids is 1. The summed E-state index contributed by atoms with van der Waals surface area (Å²) < 4.78 is 1.07. The standard InChI is InChI=1S/C14H17BrN2O2S2/c1-4-8(2)11-12(13(18)19)21-14(16-11)17(3)6-10-5-9(15)7-20-10/h5,7-8H,4,6H2,1-3H3,(H,18,19). The maximum absolute atomic E-state index is 11.4. The van der Waals surface area contributed by atoms with Crippen molar-refractivity contribution in [2.24, 2.45) is 0 Å². The molecule has 1 atom stereocenters. The third-order valence-corrected chi connectivity index (χ3v) is 6.11. The number of thiophene rings is 1. The molecule has 2 rings (SSSR count). The number of anilines is 1. The number of aromatic carboxylic acids is 1. The van der Waals surface area contributed by atoms with Gasteiger partial charge < -0.3 is 10.0 Å². The van der Waals surface area contributed by atoms with Crippen molar-refractivity contribution >= 4 is 49.7 Å². The highest BCUT2D eigenvalue weighted by molar-refractivity contribution is 9.10. The Labute approximate surface area is 140 Å². The zero-order valence-electron chi connectivity index (χ0n) is 12.1. The van der Waals surface area contributed by atoms with E-state index in [1.807, 2.05) is 31.2 Å². The van der Waals surface area contributed by atoms with Crippen LogP contribution in [0.25, 0.3) is 0 Å². The Balaban J connectivity index is 2.24. The molecule has 0 saturated carbocycles. The average molecular weight is 389 g/mol. The summed E-state index contributed by atoms with van der Waals surface area (Å²) in [5.41, 5.74) is 0.698. The first-order valence-corrected chi connectivity index (χ1v) is 9.09. The summed E-state index contributed by atoms with van der Waals surface area (Å²) in [6.07, 6.45) is 0.880. The van der Waals surface area contributed by atoms with E-state index in [4.69, 9.17) is 0 Å². The summed E-state index contributed by atoms with van der Waals surface area (Å²) in [7, 11) is 1.94. The fourth-order valence-corrected chi connectivity index (χ4v) is 4.39. The Morgan fingerprint density at radius 2 is 2.29 bits per heavy atom. The van der Waals surface area contributed by atoms with E-state index >= 15 is 0 Å². The van der Waals surface area contributed by atoms with E-state index < -0.39 is 5.97 Å². The first kappa shape index (κ1) is 16.5. The van der Waals surface area contributed by atoms with Crippen LogP contribution in [0, 0.1) is 0 Å². The van der Waals surface area contributed by atoms with E-state index in [0.29, 0.717) is 10.6 Å². The second-order valence-electron chi connectivity index (χ2n) is 4.91. The van der Waals surface area contributed by atoms with Crippen LogP contribution in [0.3, 0.4) is 0 Å². The van der Waals surface area contributed by atoms with Crippen LogP contribution in [0.4, 0.5) is 5.13 Å². The van der Waals surface area contributed by atoms with Crippen LogP contribution < -0.4 is 4.90 Å². The fourth-order valence-electron chi connectivity index (χ4n) is 1.90. The number of rotatable bonds is 6. The lowest BCUT2D eigenvalue weighted by molar-refractivity contribution is 0.0700. The number of carboxylic acid groups (broad SMARTS) is 1. The second-order valence-corrected chi connectivity index (χ2v) is 7.80. The van der Waals surface area contributed by atoms with Gasteiger partial charge in [-0.1, -0.05) is 25.2 Å². The molecule has 4 nitrogen and oxygen atoms in total. The number of hydrogen-bond acceptors (Lipinski definition) is 5. The first-order valence-electron chi connectivity index (χ1n) is 6.60. The molecule has 0 spiro atoms. The number of hydrogen-bond donors (Lipinski definition) is 1. The Kier molecular flexibility index (Phi) is 5.40. The molecule has 2 heterocycles. The average Bonchev–Trinajstić information content (AvgIpc) is 3.04. The molecule has 114 valence electrons. The quantitative estimate of drug-likeness (QED) is 0.770. The number of nitrogens with zero attached hydrogens (tertiary/aromatic N) is 2. The van der Waals surface area contributed by atoms with Crippen molar-refractivity contribution in [1.82, 2.24) is 4.98 Å². The van der Waals surface area contributed by atoms with Gasteiger partial charge in [0.05, 0.1) is 12.2 Å². The van der Waals surface area contributed by atoms with E-state index in [-0.39, 0.29) is 5.92 Å². The van der Waals surface area contributed by atoms with Crippen LogP contribution in [0.15, 0.2) is 15.9 Å². The van der Waals surface area contributed by atoms with Gasteiger partial charge in [-0.25, -0.2) is 9.78 Å². The molecule has 0 aliphatic carbocycles. The van der Waals surface area contributed by atoms with Crippen molar-refractivity contribution < 1.29 is 9.90 Å². The van der Waals surface area contributed by atoms with Crippen molar-refractivity contribution in [3.63, 3.8) is 0 Å². The number of halogens is 1. The van der Waals surface area contributed by atoms with Crippen molar-refractivity contribution in [2.75, 3.05) is 11.9 Å². The Hall–Kier alpha value is -0.920. The van der Waals surface area contributed by atoms with Crippen LogP contribution >= 0.6 is 38.6 Å². The number of thiazole rings is 1. The van der Waals surface area contributed by atoms with Gasteiger partial charge in [-0.05, 0) is 34.3 Å². The van der Waals surface area contributed by atoms with E-state index in [9.17, 15) is 9.90 Å². The molecule has 0 radical (unpaired) electrons. The van der Waals surface area contributed by atoms with Gasteiger partial charge in [0, 0.05) is 21.8 Å². The molecular formula is C14H17BrN2O2S2. The molecule has 1 unspecified atom stereocenters. The molecule has 0 amide bonds. The number of aromatic nitrogens is 1. The summed E-state index contributed by atoms with van der Waals surface area (Å²) in [5, 5.41) is 12.1. The molecular weight excluding hydrogens is 372 g/mol. The fraction of sp³-hybridized carbons (Fsp3) is 0.429. The summed E-state index contributed by atoms with van der Waals surface area (Å²) >= 11 is 6.37. The summed E-state index contributed by atoms with van der Waals surface area (Å²) in [6, 6.07) is 2.07. The molecule has 0 saturated heterocycles. The minimum atomic E-state index is -0.888. The van der Waals surface area contributed by atoms with Crippen LogP contribution in [0.2, 0.25) is 0 Å². The van der Waals surface area contributed by atoms with Gasteiger partial charge >= 0.3 is 5.97 Å². The van der Waals surface area contributed by atoms with Gasteiger partial charge in [-0.2, -0.15) is 0 Å². The van der Waals surface area contributed by atoms with E-state index in [1.54, 1.807) is 11.3 Å². The normalized spacial score (nSPS) is 12.4. The summed E-state index contributed by atoms with van der Waals surface area (Å²) in [6.45, 7) is 4.78.